The van der Waals surface area contributed by atoms with E-state index in [1.807, 2.05) is 0 Å². The third kappa shape index (κ3) is 4.59. The van der Waals surface area contributed by atoms with E-state index in [2.05, 4.69) is 65.6 Å². The van der Waals surface area contributed by atoms with Gasteiger partial charge in [-0.2, -0.15) is 0 Å². The molecule has 0 amide bonds. The van der Waals surface area contributed by atoms with Gasteiger partial charge in [-0.15, -0.1) is 0 Å². The maximum Gasteiger partial charge on any atom is 0.184 e. The van der Waals surface area contributed by atoms with Gasteiger partial charge in [0, 0.05) is 12.3 Å². The Labute approximate surface area is 162 Å². The van der Waals surface area contributed by atoms with Gasteiger partial charge < -0.3 is 4.43 Å². The van der Waals surface area contributed by atoms with Crippen molar-refractivity contribution in [2.75, 3.05) is 0 Å². The molecule has 0 radical (unpaired) electrons. The van der Waals surface area contributed by atoms with Crippen molar-refractivity contribution in [3.8, 4) is 0 Å². The first-order valence-corrected chi connectivity index (χ1v) is 14.1. The Kier molecular flexibility index (Phi) is 6.77. The van der Waals surface area contributed by atoms with Gasteiger partial charge in [0.2, 0.25) is 0 Å². The lowest BCUT2D eigenvalue weighted by Crippen LogP contribution is -2.40. The number of rotatable bonds is 8. The number of Topliss-reactive ketones (excluding diaryl/α,β-unsaturated/α-hetero) is 1. The predicted molar refractivity (Wildman–Crippen MR) is 114 cm³/mol. The summed E-state index contributed by atoms with van der Waals surface area (Å²) in [6.45, 7) is 16.0. The van der Waals surface area contributed by atoms with Crippen molar-refractivity contribution in [2.24, 2.45) is 17.3 Å². The Morgan fingerprint density at radius 1 is 1.35 bits per heavy atom. The number of ketones is 1. The lowest BCUT2D eigenvalue weighted by molar-refractivity contribution is -0.128. The second kappa shape index (κ2) is 8.14. The predicted octanol–water partition coefficient (Wildman–Crippen LogP) is 6.68. The zero-order valence-corrected chi connectivity index (χ0v) is 19.2. The molecule has 0 aromatic carbocycles. The van der Waals surface area contributed by atoms with Gasteiger partial charge in [-0.25, -0.2) is 0 Å². The van der Waals surface area contributed by atoms with Gasteiger partial charge in [0.05, 0.1) is 5.60 Å². The van der Waals surface area contributed by atoms with E-state index in [9.17, 15) is 4.79 Å². The molecule has 3 atom stereocenters. The fourth-order valence-corrected chi connectivity index (χ4v) is 6.78. The number of allylic oxidation sites excluding steroid dienone is 3. The second-order valence-electron chi connectivity index (χ2n) is 9.71. The Balaban J connectivity index is 2.06. The molecule has 0 aromatic rings. The van der Waals surface area contributed by atoms with Gasteiger partial charge >= 0.3 is 0 Å². The van der Waals surface area contributed by atoms with Gasteiger partial charge in [-0.1, -0.05) is 51.5 Å². The quantitative estimate of drug-likeness (QED) is 0.348. The van der Waals surface area contributed by atoms with Crippen molar-refractivity contribution < 1.29 is 9.22 Å². The zero-order chi connectivity index (χ0) is 19.6. The number of carbonyl (C=O) groups excluding carboxylic acids is 1. The van der Waals surface area contributed by atoms with E-state index in [1.54, 1.807) is 0 Å². The summed E-state index contributed by atoms with van der Waals surface area (Å²) in [6, 6.07) is 0. The minimum atomic E-state index is -1.58. The maximum atomic E-state index is 12.3. The first-order chi connectivity index (χ1) is 12.1. The molecular formula is C23H40O2Si. The molecule has 2 aliphatic carbocycles. The first kappa shape index (κ1) is 21.6. The highest BCUT2D eigenvalue weighted by molar-refractivity contribution is 6.69. The summed E-state index contributed by atoms with van der Waals surface area (Å²) in [6.07, 6.45) is 14.1. The molecule has 2 aliphatic rings. The summed E-state index contributed by atoms with van der Waals surface area (Å²) >= 11 is 0. The van der Waals surface area contributed by atoms with Crippen LogP contribution in [0.25, 0.3) is 0 Å². The van der Waals surface area contributed by atoms with Crippen LogP contribution < -0.4 is 0 Å². The molecule has 1 saturated carbocycles. The van der Waals surface area contributed by atoms with Crippen LogP contribution in [0.2, 0.25) is 19.6 Å². The highest BCUT2D eigenvalue weighted by Gasteiger charge is 2.47. The van der Waals surface area contributed by atoms with Crippen LogP contribution in [0.5, 0.6) is 0 Å². The Hall–Kier alpha value is -0.673. The van der Waals surface area contributed by atoms with Crippen LogP contribution in [0.1, 0.15) is 72.6 Å². The van der Waals surface area contributed by atoms with Crippen molar-refractivity contribution in [1.29, 1.82) is 0 Å². The molecule has 0 N–H and O–H groups in total. The van der Waals surface area contributed by atoms with E-state index in [0.717, 1.165) is 38.5 Å². The monoisotopic (exact) mass is 376 g/mol. The van der Waals surface area contributed by atoms with Crippen LogP contribution in [0.15, 0.2) is 23.8 Å². The smallest absolute Gasteiger partial charge is 0.184 e. The lowest BCUT2D eigenvalue weighted by atomic mass is 9.63. The van der Waals surface area contributed by atoms with Crippen LogP contribution >= 0.6 is 0 Å². The van der Waals surface area contributed by atoms with Gasteiger partial charge in [0.15, 0.2) is 8.32 Å². The zero-order valence-electron chi connectivity index (χ0n) is 18.2. The van der Waals surface area contributed by atoms with Crippen LogP contribution in [-0.4, -0.2) is 19.7 Å². The van der Waals surface area contributed by atoms with Crippen molar-refractivity contribution in [3.63, 3.8) is 0 Å². The molecule has 0 bridgehead atoms. The molecule has 0 saturated heterocycles. The minimum absolute atomic E-state index is 0.110. The fourth-order valence-electron chi connectivity index (χ4n) is 5.20. The molecule has 0 aromatic heterocycles. The van der Waals surface area contributed by atoms with Gasteiger partial charge in [-0.3, -0.25) is 4.79 Å². The average Bonchev–Trinajstić information content (AvgIpc) is 2.91. The molecule has 0 aliphatic heterocycles. The molecule has 0 spiro atoms. The maximum absolute atomic E-state index is 12.3. The lowest BCUT2D eigenvalue weighted by Gasteiger charge is -2.40. The van der Waals surface area contributed by atoms with E-state index >= 15 is 0 Å². The number of carbonyl (C=O) groups is 1. The molecular weight excluding hydrogens is 336 g/mol. The molecule has 26 heavy (non-hydrogen) atoms. The minimum Gasteiger partial charge on any atom is -0.409 e. The summed E-state index contributed by atoms with van der Waals surface area (Å²) in [5.74, 6) is 1.25. The van der Waals surface area contributed by atoms with Crippen molar-refractivity contribution >= 4 is 14.1 Å². The SMILES string of the molecule is CCC(C=CC[C@@H](C)C1=CC[C@@H]2C(=O)CCC[C@@]12C)(CC)O[Si](C)(C)C. The van der Waals surface area contributed by atoms with E-state index in [4.69, 9.17) is 4.43 Å². The Morgan fingerprint density at radius 3 is 2.58 bits per heavy atom. The molecule has 0 heterocycles. The van der Waals surface area contributed by atoms with Gasteiger partial charge in [0.25, 0.3) is 0 Å². The Bertz CT molecular complexity index is 565. The average molecular weight is 377 g/mol. The van der Waals surface area contributed by atoms with E-state index in [1.165, 1.54) is 12.0 Å². The topological polar surface area (TPSA) is 26.3 Å². The molecule has 0 unspecified atom stereocenters. The molecule has 1 fully saturated rings. The third-order valence-electron chi connectivity index (χ3n) is 6.66. The van der Waals surface area contributed by atoms with Crippen LogP contribution in [0, 0.1) is 17.3 Å². The standard InChI is InChI=1S/C23H40O2Si/c1-8-23(9-2,25-26(5,6)7)17-10-12-18(3)19-14-15-20-21(24)13-11-16-22(19,20)4/h10,14,17-18,20H,8-9,11-13,15-16H2,1-7H3/t18-,20-,22+/m1/s1. The van der Waals surface area contributed by atoms with Crippen molar-refractivity contribution in [2.45, 2.75) is 97.9 Å². The van der Waals surface area contributed by atoms with Crippen LogP contribution in [0.4, 0.5) is 0 Å². The van der Waals surface area contributed by atoms with Gasteiger partial charge in [0.1, 0.15) is 5.78 Å². The summed E-state index contributed by atoms with van der Waals surface area (Å²) in [5.41, 5.74) is 1.54. The summed E-state index contributed by atoms with van der Waals surface area (Å²) in [7, 11) is -1.58. The van der Waals surface area contributed by atoms with Crippen molar-refractivity contribution in [1.82, 2.24) is 0 Å². The molecule has 148 valence electrons. The summed E-state index contributed by atoms with van der Waals surface area (Å²) < 4.78 is 6.54. The second-order valence-corrected chi connectivity index (χ2v) is 14.1. The van der Waals surface area contributed by atoms with Crippen molar-refractivity contribution in [3.05, 3.63) is 23.8 Å². The van der Waals surface area contributed by atoms with E-state index in [0.29, 0.717) is 11.7 Å². The number of fused-ring (bicyclic) bond motifs is 1. The highest BCUT2D eigenvalue weighted by Crippen LogP contribution is 2.53. The largest absolute Gasteiger partial charge is 0.409 e. The van der Waals surface area contributed by atoms with Crippen LogP contribution in [0.3, 0.4) is 0 Å². The van der Waals surface area contributed by atoms with Gasteiger partial charge in [-0.05, 0) is 69.5 Å². The Morgan fingerprint density at radius 2 is 2.00 bits per heavy atom. The fraction of sp³-hybridized carbons (Fsp3) is 0.783. The summed E-state index contributed by atoms with van der Waals surface area (Å²) in [4.78, 5) is 12.3. The first-order valence-electron chi connectivity index (χ1n) is 10.7. The highest BCUT2D eigenvalue weighted by atomic mass is 28.4. The molecule has 2 rings (SSSR count). The number of hydrogen-bond donors (Lipinski definition) is 0. The van der Waals surface area contributed by atoms with E-state index in [-0.39, 0.29) is 16.9 Å². The molecule has 3 heteroatoms. The normalized spacial score (nSPS) is 28.3. The third-order valence-corrected chi connectivity index (χ3v) is 7.68. The summed E-state index contributed by atoms with van der Waals surface area (Å²) in [5, 5.41) is 0. The van der Waals surface area contributed by atoms with Crippen LogP contribution in [-0.2, 0) is 9.22 Å². The molecule has 2 nitrogen and oxygen atoms in total. The van der Waals surface area contributed by atoms with E-state index < -0.39 is 8.32 Å². The number of hydrogen-bond acceptors (Lipinski definition) is 2.